The molecule has 0 radical (unpaired) electrons. The summed E-state index contributed by atoms with van der Waals surface area (Å²) in [6, 6.07) is 4.16. The topological polar surface area (TPSA) is 45.2 Å². The summed E-state index contributed by atoms with van der Waals surface area (Å²) in [5, 5.41) is 3.17. The fourth-order valence-corrected chi connectivity index (χ4v) is 2.64. The molecule has 1 saturated heterocycles. The highest BCUT2D eigenvalue weighted by atomic mass is 16.2. The molecule has 19 heavy (non-hydrogen) atoms. The Morgan fingerprint density at radius 1 is 1.47 bits per heavy atom. The highest BCUT2D eigenvalue weighted by Gasteiger charge is 2.26. The first-order chi connectivity index (χ1) is 9.22. The van der Waals surface area contributed by atoms with Crippen molar-refractivity contribution in [1.82, 2.24) is 15.2 Å². The Balaban J connectivity index is 2.08. The fraction of sp³-hybridized carbons (Fsp3) is 0.600. The molecule has 0 spiro atoms. The standard InChI is InChI=1S/C15H23N3O/c1-12-6-7-13(11-17-12)15(19)18-10-4-3-5-14(18)8-9-16-2/h6-7,11,14,16H,3-5,8-10H2,1-2H3. The van der Waals surface area contributed by atoms with E-state index in [1.807, 2.05) is 31.0 Å². The Labute approximate surface area is 115 Å². The number of carbonyl (C=O) groups excluding carboxylic acids is 1. The summed E-state index contributed by atoms with van der Waals surface area (Å²) >= 11 is 0. The van der Waals surface area contributed by atoms with Crippen LogP contribution < -0.4 is 5.32 Å². The second kappa shape index (κ2) is 6.66. The van der Waals surface area contributed by atoms with E-state index >= 15 is 0 Å². The Bertz CT molecular complexity index is 416. The molecular formula is C15H23N3O. The molecule has 4 heteroatoms. The van der Waals surface area contributed by atoms with Gasteiger partial charge in [0.2, 0.25) is 0 Å². The van der Waals surface area contributed by atoms with Crippen molar-refractivity contribution in [2.75, 3.05) is 20.1 Å². The van der Waals surface area contributed by atoms with Gasteiger partial charge in [-0.3, -0.25) is 9.78 Å². The van der Waals surface area contributed by atoms with E-state index in [4.69, 9.17) is 0 Å². The molecule has 0 aromatic carbocycles. The molecule has 0 saturated carbocycles. The third kappa shape index (κ3) is 3.53. The van der Waals surface area contributed by atoms with Gasteiger partial charge in [-0.15, -0.1) is 0 Å². The number of hydrogen-bond donors (Lipinski definition) is 1. The van der Waals surface area contributed by atoms with Crippen LogP contribution in [0.1, 0.15) is 41.7 Å². The molecule has 2 rings (SSSR count). The van der Waals surface area contributed by atoms with Crippen molar-refractivity contribution in [2.24, 2.45) is 0 Å². The van der Waals surface area contributed by atoms with Gasteiger partial charge in [-0.1, -0.05) is 0 Å². The molecule has 1 aliphatic rings. The largest absolute Gasteiger partial charge is 0.336 e. The summed E-state index contributed by atoms with van der Waals surface area (Å²) in [6.07, 6.45) is 6.18. The van der Waals surface area contributed by atoms with E-state index in [2.05, 4.69) is 10.3 Å². The number of rotatable bonds is 4. The molecule has 1 amide bonds. The van der Waals surface area contributed by atoms with E-state index in [0.29, 0.717) is 11.6 Å². The van der Waals surface area contributed by atoms with Gasteiger partial charge in [0, 0.05) is 24.5 Å². The van der Waals surface area contributed by atoms with Gasteiger partial charge in [-0.05, 0) is 58.3 Å². The molecule has 0 bridgehead atoms. The SMILES string of the molecule is CNCCC1CCCCN1C(=O)c1ccc(C)nc1. The zero-order valence-corrected chi connectivity index (χ0v) is 11.9. The third-order valence-electron chi connectivity index (χ3n) is 3.77. The quantitative estimate of drug-likeness (QED) is 0.901. The lowest BCUT2D eigenvalue weighted by molar-refractivity contribution is 0.0602. The fourth-order valence-electron chi connectivity index (χ4n) is 2.64. The van der Waals surface area contributed by atoms with Crippen molar-refractivity contribution in [3.05, 3.63) is 29.6 Å². The maximum absolute atomic E-state index is 12.6. The number of carbonyl (C=O) groups is 1. The van der Waals surface area contributed by atoms with Crippen LogP contribution >= 0.6 is 0 Å². The van der Waals surface area contributed by atoms with Gasteiger partial charge < -0.3 is 10.2 Å². The molecule has 0 aliphatic carbocycles. The number of aromatic nitrogens is 1. The molecule has 2 heterocycles. The van der Waals surface area contributed by atoms with Crippen molar-refractivity contribution in [3.8, 4) is 0 Å². The number of nitrogens with one attached hydrogen (secondary N) is 1. The number of piperidine rings is 1. The van der Waals surface area contributed by atoms with E-state index in [-0.39, 0.29) is 5.91 Å². The smallest absolute Gasteiger partial charge is 0.255 e. The second-order valence-electron chi connectivity index (χ2n) is 5.23. The first-order valence-corrected chi connectivity index (χ1v) is 7.10. The van der Waals surface area contributed by atoms with E-state index < -0.39 is 0 Å². The van der Waals surface area contributed by atoms with Crippen molar-refractivity contribution in [1.29, 1.82) is 0 Å². The number of pyridine rings is 1. The van der Waals surface area contributed by atoms with Crippen LogP contribution in [0.2, 0.25) is 0 Å². The van der Waals surface area contributed by atoms with Gasteiger partial charge in [0.15, 0.2) is 0 Å². The minimum absolute atomic E-state index is 0.133. The molecule has 1 unspecified atom stereocenters. The summed E-state index contributed by atoms with van der Waals surface area (Å²) in [5.74, 6) is 0.133. The van der Waals surface area contributed by atoms with Gasteiger partial charge in [-0.25, -0.2) is 0 Å². The molecule has 1 fully saturated rings. The molecule has 1 aromatic heterocycles. The van der Waals surface area contributed by atoms with Crippen LogP contribution in [-0.4, -0.2) is 42.0 Å². The van der Waals surface area contributed by atoms with Crippen LogP contribution in [0.5, 0.6) is 0 Å². The molecular weight excluding hydrogens is 238 g/mol. The van der Waals surface area contributed by atoms with Crippen LogP contribution in [0.15, 0.2) is 18.3 Å². The maximum atomic E-state index is 12.6. The van der Waals surface area contributed by atoms with Crippen molar-refractivity contribution in [2.45, 2.75) is 38.6 Å². The summed E-state index contributed by atoms with van der Waals surface area (Å²) < 4.78 is 0. The highest BCUT2D eigenvalue weighted by Crippen LogP contribution is 2.21. The average molecular weight is 261 g/mol. The lowest BCUT2D eigenvalue weighted by Gasteiger charge is -2.36. The zero-order valence-electron chi connectivity index (χ0n) is 11.9. The Hall–Kier alpha value is -1.42. The van der Waals surface area contributed by atoms with Crippen molar-refractivity contribution < 1.29 is 4.79 Å². The third-order valence-corrected chi connectivity index (χ3v) is 3.77. The molecule has 1 N–H and O–H groups in total. The molecule has 1 aromatic rings. The molecule has 1 atom stereocenters. The van der Waals surface area contributed by atoms with Gasteiger partial charge in [0.05, 0.1) is 5.56 Å². The molecule has 104 valence electrons. The highest BCUT2D eigenvalue weighted by molar-refractivity contribution is 5.94. The average Bonchev–Trinajstić information content (AvgIpc) is 2.45. The predicted octanol–water partition coefficient (Wildman–Crippen LogP) is 1.99. The van der Waals surface area contributed by atoms with Crippen LogP contribution in [0.25, 0.3) is 0 Å². The van der Waals surface area contributed by atoms with Crippen LogP contribution in [0.4, 0.5) is 0 Å². The minimum atomic E-state index is 0.133. The lowest BCUT2D eigenvalue weighted by Crippen LogP contribution is -2.44. The van der Waals surface area contributed by atoms with E-state index in [1.54, 1.807) is 6.20 Å². The normalized spacial score (nSPS) is 19.5. The monoisotopic (exact) mass is 261 g/mol. The predicted molar refractivity (Wildman–Crippen MR) is 76.2 cm³/mol. The van der Waals surface area contributed by atoms with Crippen LogP contribution in [0, 0.1) is 6.92 Å². The number of aryl methyl sites for hydroxylation is 1. The van der Waals surface area contributed by atoms with E-state index in [9.17, 15) is 4.79 Å². The van der Waals surface area contributed by atoms with Crippen molar-refractivity contribution in [3.63, 3.8) is 0 Å². The van der Waals surface area contributed by atoms with Crippen LogP contribution in [-0.2, 0) is 0 Å². The zero-order chi connectivity index (χ0) is 13.7. The first kappa shape index (κ1) is 14.0. The van der Waals surface area contributed by atoms with Crippen LogP contribution in [0.3, 0.4) is 0 Å². The second-order valence-corrected chi connectivity index (χ2v) is 5.23. The number of amides is 1. The number of hydrogen-bond acceptors (Lipinski definition) is 3. The van der Waals surface area contributed by atoms with Gasteiger partial charge in [0.25, 0.3) is 5.91 Å². The van der Waals surface area contributed by atoms with Gasteiger partial charge in [-0.2, -0.15) is 0 Å². The van der Waals surface area contributed by atoms with Gasteiger partial charge >= 0.3 is 0 Å². The number of nitrogens with zero attached hydrogens (tertiary/aromatic N) is 2. The van der Waals surface area contributed by atoms with E-state index in [1.165, 1.54) is 6.42 Å². The Kier molecular flexibility index (Phi) is 4.91. The lowest BCUT2D eigenvalue weighted by atomic mass is 9.98. The minimum Gasteiger partial charge on any atom is -0.336 e. The van der Waals surface area contributed by atoms with Gasteiger partial charge in [0.1, 0.15) is 0 Å². The Morgan fingerprint density at radius 3 is 3.00 bits per heavy atom. The summed E-state index contributed by atoms with van der Waals surface area (Å²) in [7, 11) is 1.96. The summed E-state index contributed by atoms with van der Waals surface area (Å²) in [5.41, 5.74) is 1.66. The maximum Gasteiger partial charge on any atom is 0.255 e. The van der Waals surface area contributed by atoms with Crippen molar-refractivity contribution >= 4 is 5.91 Å². The number of likely N-dealkylation sites (tertiary alicyclic amines) is 1. The molecule has 4 nitrogen and oxygen atoms in total. The summed E-state index contributed by atoms with van der Waals surface area (Å²) in [6.45, 7) is 3.77. The molecule has 1 aliphatic heterocycles. The summed E-state index contributed by atoms with van der Waals surface area (Å²) in [4.78, 5) is 18.8. The first-order valence-electron chi connectivity index (χ1n) is 7.10. The van der Waals surface area contributed by atoms with E-state index in [0.717, 1.165) is 38.0 Å². The Morgan fingerprint density at radius 2 is 2.32 bits per heavy atom.